The van der Waals surface area contributed by atoms with Crippen LogP contribution in [0.2, 0.25) is 0 Å². The maximum Gasteiger partial charge on any atom is 0.323 e. The molecule has 0 aromatic carbocycles. The Morgan fingerprint density at radius 2 is 2.47 bits per heavy atom. The molecule has 5 nitrogen and oxygen atoms in total. The Kier molecular flexibility index (Phi) is 4.96. The number of ether oxygens (including phenoxy) is 1. The van der Waals surface area contributed by atoms with Gasteiger partial charge < -0.3 is 15.5 Å². The van der Waals surface area contributed by atoms with Crippen molar-refractivity contribution >= 4 is 5.97 Å². The number of nitrogens with zero attached hydrogens (tertiary/aromatic N) is 1. The van der Waals surface area contributed by atoms with E-state index in [-0.39, 0.29) is 12.1 Å². The summed E-state index contributed by atoms with van der Waals surface area (Å²) >= 11 is 0. The van der Waals surface area contributed by atoms with Crippen molar-refractivity contribution in [3.05, 3.63) is 18.2 Å². The number of nitrogens with two attached hydrogens (primary N) is 1. The van der Waals surface area contributed by atoms with Crippen LogP contribution in [-0.4, -0.2) is 28.1 Å². The van der Waals surface area contributed by atoms with Crippen LogP contribution in [-0.2, 0) is 16.0 Å². The first-order chi connectivity index (χ1) is 9.19. The standard InChI is InChI=1S/C14H23N3O2/c1-2-10-4-3-5-12(6-10)19-14(18)13(15)7-11-8-16-9-17-11/h8-10,12-13H,2-7,15H2,1H3,(H,16,17)/t10?,12?,13-/m1/s1. The lowest BCUT2D eigenvalue weighted by Crippen LogP contribution is -2.38. The van der Waals surface area contributed by atoms with Gasteiger partial charge in [0, 0.05) is 18.3 Å². The molecule has 0 radical (unpaired) electrons. The molecule has 19 heavy (non-hydrogen) atoms. The first-order valence-electron chi connectivity index (χ1n) is 7.12. The summed E-state index contributed by atoms with van der Waals surface area (Å²) in [6.07, 6.45) is 9.28. The van der Waals surface area contributed by atoms with Crippen molar-refractivity contribution in [3.8, 4) is 0 Å². The van der Waals surface area contributed by atoms with Crippen molar-refractivity contribution in [2.75, 3.05) is 0 Å². The van der Waals surface area contributed by atoms with Gasteiger partial charge in [0.2, 0.25) is 0 Å². The average molecular weight is 265 g/mol. The van der Waals surface area contributed by atoms with Crippen molar-refractivity contribution < 1.29 is 9.53 Å². The maximum atomic E-state index is 12.0. The van der Waals surface area contributed by atoms with E-state index in [1.807, 2.05) is 0 Å². The van der Waals surface area contributed by atoms with E-state index in [0.717, 1.165) is 31.4 Å². The van der Waals surface area contributed by atoms with Crippen LogP contribution in [0.5, 0.6) is 0 Å². The largest absolute Gasteiger partial charge is 0.461 e. The lowest BCUT2D eigenvalue weighted by molar-refractivity contribution is -0.152. The molecule has 1 aliphatic carbocycles. The number of esters is 1. The number of aromatic amines is 1. The molecule has 1 heterocycles. The van der Waals surface area contributed by atoms with E-state index in [1.54, 1.807) is 12.5 Å². The van der Waals surface area contributed by atoms with Gasteiger partial charge in [-0.1, -0.05) is 19.8 Å². The highest BCUT2D eigenvalue weighted by molar-refractivity contribution is 5.76. The summed E-state index contributed by atoms with van der Waals surface area (Å²) in [7, 11) is 0. The molecule has 1 aliphatic rings. The third kappa shape index (κ3) is 4.06. The molecule has 0 saturated heterocycles. The second kappa shape index (κ2) is 6.70. The van der Waals surface area contributed by atoms with E-state index in [9.17, 15) is 4.79 Å². The van der Waals surface area contributed by atoms with Gasteiger partial charge in [-0.05, 0) is 25.2 Å². The van der Waals surface area contributed by atoms with Crippen molar-refractivity contribution in [2.45, 2.75) is 57.6 Å². The topological polar surface area (TPSA) is 81.0 Å². The molecular weight excluding hydrogens is 242 g/mol. The molecule has 0 aliphatic heterocycles. The second-order valence-corrected chi connectivity index (χ2v) is 5.39. The van der Waals surface area contributed by atoms with E-state index < -0.39 is 6.04 Å². The number of carbonyl (C=O) groups excluding carboxylic acids is 1. The molecule has 2 rings (SSSR count). The van der Waals surface area contributed by atoms with Crippen molar-refractivity contribution in [1.29, 1.82) is 0 Å². The van der Waals surface area contributed by atoms with Gasteiger partial charge >= 0.3 is 5.97 Å². The molecule has 106 valence electrons. The summed E-state index contributed by atoms with van der Waals surface area (Å²) in [5.41, 5.74) is 6.73. The smallest absolute Gasteiger partial charge is 0.323 e. The Morgan fingerprint density at radius 1 is 1.63 bits per heavy atom. The minimum absolute atomic E-state index is 0.0546. The lowest BCUT2D eigenvalue weighted by atomic mass is 9.85. The van der Waals surface area contributed by atoms with Crippen molar-refractivity contribution in [2.24, 2.45) is 11.7 Å². The average Bonchev–Trinajstić information content (AvgIpc) is 2.91. The monoisotopic (exact) mass is 265 g/mol. The molecule has 1 aromatic heterocycles. The Morgan fingerprint density at radius 3 is 3.16 bits per heavy atom. The summed E-state index contributed by atoms with van der Waals surface area (Å²) in [5, 5.41) is 0. The van der Waals surface area contributed by atoms with Crippen LogP contribution < -0.4 is 5.73 Å². The van der Waals surface area contributed by atoms with Gasteiger partial charge in [-0.3, -0.25) is 4.79 Å². The summed E-state index contributed by atoms with van der Waals surface area (Å²) < 4.78 is 5.54. The molecule has 3 atom stereocenters. The van der Waals surface area contributed by atoms with Crippen LogP contribution in [0.25, 0.3) is 0 Å². The summed E-state index contributed by atoms with van der Waals surface area (Å²) in [5.74, 6) is 0.395. The van der Waals surface area contributed by atoms with Crippen LogP contribution in [0.3, 0.4) is 0 Å². The zero-order chi connectivity index (χ0) is 13.7. The summed E-state index contributed by atoms with van der Waals surface area (Å²) in [6, 6.07) is -0.609. The van der Waals surface area contributed by atoms with Crippen LogP contribution in [0.15, 0.2) is 12.5 Å². The molecule has 1 saturated carbocycles. The summed E-state index contributed by atoms with van der Waals surface area (Å²) in [6.45, 7) is 2.19. The van der Waals surface area contributed by atoms with Gasteiger partial charge in [0.15, 0.2) is 0 Å². The molecule has 5 heteroatoms. The third-order valence-corrected chi connectivity index (χ3v) is 3.89. The zero-order valence-corrected chi connectivity index (χ0v) is 11.5. The summed E-state index contributed by atoms with van der Waals surface area (Å²) in [4.78, 5) is 18.8. The quantitative estimate of drug-likeness (QED) is 0.795. The van der Waals surface area contributed by atoms with Crippen molar-refractivity contribution in [3.63, 3.8) is 0 Å². The molecule has 1 aromatic rings. The number of hydrogen-bond donors (Lipinski definition) is 2. The molecule has 0 bridgehead atoms. The van der Waals surface area contributed by atoms with Gasteiger partial charge in [-0.2, -0.15) is 0 Å². The maximum absolute atomic E-state index is 12.0. The van der Waals surface area contributed by atoms with Gasteiger partial charge in [-0.25, -0.2) is 4.98 Å². The Labute approximate surface area is 113 Å². The minimum Gasteiger partial charge on any atom is -0.461 e. The number of carbonyl (C=O) groups is 1. The lowest BCUT2D eigenvalue weighted by Gasteiger charge is -2.28. The van der Waals surface area contributed by atoms with Gasteiger partial charge in [0.05, 0.1) is 6.33 Å². The number of H-pyrrole nitrogens is 1. The van der Waals surface area contributed by atoms with Gasteiger partial charge in [0.25, 0.3) is 0 Å². The predicted octanol–water partition coefficient (Wildman–Crippen LogP) is 1.79. The van der Waals surface area contributed by atoms with E-state index in [1.165, 1.54) is 6.42 Å². The molecule has 3 N–H and O–H groups in total. The fraction of sp³-hybridized carbons (Fsp3) is 0.714. The minimum atomic E-state index is -0.609. The Hall–Kier alpha value is -1.36. The Bertz CT molecular complexity index is 391. The van der Waals surface area contributed by atoms with E-state index >= 15 is 0 Å². The first kappa shape index (κ1) is 14.1. The SMILES string of the molecule is CCC1CCCC(OC(=O)[C@H](N)Cc2cnc[nH]2)C1. The van der Waals surface area contributed by atoms with E-state index in [4.69, 9.17) is 10.5 Å². The highest BCUT2D eigenvalue weighted by Gasteiger charge is 2.26. The van der Waals surface area contributed by atoms with Crippen LogP contribution in [0.4, 0.5) is 0 Å². The number of aromatic nitrogens is 2. The van der Waals surface area contributed by atoms with E-state index in [2.05, 4.69) is 16.9 Å². The fourth-order valence-electron chi connectivity index (χ4n) is 2.69. The molecule has 2 unspecified atom stereocenters. The van der Waals surface area contributed by atoms with E-state index in [0.29, 0.717) is 12.3 Å². The predicted molar refractivity (Wildman–Crippen MR) is 72.4 cm³/mol. The van der Waals surface area contributed by atoms with Crippen molar-refractivity contribution in [1.82, 2.24) is 9.97 Å². The molecule has 1 fully saturated rings. The fourth-order valence-corrected chi connectivity index (χ4v) is 2.69. The number of rotatable bonds is 5. The van der Waals surface area contributed by atoms with Crippen LogP contribution >= 0.6 is 0 Å². The second-order valence-electron chi connectivity index (χ2n) is 5.39. The number of nitrogens with one attached hydrogen (secondary N) is 1. The third-order valence-electron chi connectivity index (χ3n) is 3.89. The number of hydrogen-bond acceptors (Lipinski definition) is 4. The van der Waals surface area contributed by atoms with Gasteiger partial charge in [0.1, 0.15) is 12.1 Å². The highest BCUT2D eigenvalue weighted by atomic mass is 16.5. The van der Waals surface area contributed by atoms with Crippen LogP contribution in [0.1, 0.15) is 44.7 Å². The molecule has 0 amide bonds. The zero-order valence-electron chi connectivity index (χ0n) is 11.5. The highest BCUT2D eigenvalue weighted by Crippen LogP contribution is 2.28. The molecular formula is C14H23N3O2. The number of imidazole rings is 1. The normalized spacial score (nSPS) is 24.9. The first-order valence-corrected chi connectivity index (χ1v) is 7.12. The Balaban J connectivity index is 1.79. The van der Waals surface area contributed by atoms with Gasteiger partial charge in [-0.15, -0.1) is 0 Å². The molecule has 0 spiro atoms. The van der Waals surface area contributed by atoms with Crippen LogP contribution in [0, 0.1) is 5.92 Å².